The van der Waals surface area contributed by atoms with Crippen molar-refractivity contribution in [3.05, 3.63) is 63.4 Å². The lowest BCUT2D eigenvalue weighted by Crippen LogP contribution is -2.17. The smallest absolute Gasteiger partial charge is 0.271 e. The third-order valence-corrected chi connectivity index (χ3v) is 8.61. The van der Waals surface area contributed by atoms with Crippen molar-refractivity contribution in [2.75, 3.05) is 16.6 Å². The molecule has 0 unspecified atom stereocenters. The summed E-state index contributed by atoms with van der Waals surface area (Å²) in [6, 6.07) is 13.4. The molecule has 3 aromatic rings. The van der Waals surface area contributed by atoms with E-state index in [-0.39, 0.29) is 26.2 Å². The maximum absolute atomic E-state index is 12.9. The van der Waals surface area contributed by atoms with Crippen LogP contribution in [-0.4, -0.2) is 23.9 Å². The molecule has 2 aromatic carbocycles. The Morgan fingerprint density at radius 1 is 0.931 bits per heavy atom. The van der Waals surface area contributed by atoms with Crippen molar-refractivity contribution in [3.8, 4) is 5.75 Å². The van der Waals surface area contributed by atoms with Crippen LogP contribution in [0.2, 0.25) is 4.34 Å². The SMILES string of the molecule is COc1ccc(Br)cc1S(=O)(=O)Nc1ccccc1NS(=O)(=O)c1ccc(Cl)s1. The van der Waals surface area contributed by atoms with E-state index in [1.807, 2.05) is 0 Å². The summed E-state index contributed by atoms with van der Waals surface area (Å²) in [5, 5.41) is 0. The third-order valence-electron chi connectivity index (χ3n) is 3.64. The first-order valence-corrected chi connectivity index (χ1v) is 12.8. The number of para-hydroxylation sites is 2. The van der Waals surface area contributed by atoms with Gasteiger partial charge < -0.3 is 4.74 Å². The number of halogens is 2. The topological polar surface area (TPSA) is 102 Å². The van der Waals surface area contributed by atoms with Gasteiger partial charge >= 0.3 is 0 Å². The summed E-state index contributed by atoms with van der Waals surface area (Å²) in [7, 11) is -6.66. The van der Waals surface area contributed by atoms with E-state index in [9.17, 15) is 16.8 Å². The van der Waals surface area contributed by atoms with Crippen LogP contribution in [0.25, 0.3) is 0 Å². The van der Waals surface area contributed by atoms with Gasteiger partial charge in [-0.2, -0.15) is 0 Å². The van der Waals surface area contributed by atoms with E-state index in [2.05, 4.69) is 25.4 Å². The van der Waals surface area contributed by atoms with Crippen LogP contribution < -0.4 is 14.2 Å². The van der Waals surface area contributed by atoms with Crippen LogP contribution >= 0.6 is 38.9 Å². The highest BCUT2D eigenvalue weighted by Crippen LogP contribution is 2.33. The standard InChI is InChI=1S/C17H14BrClN2O5S3/c1-26-14-7-6-11(18)10-15(14)28(22,23)20-12-4-2-3-5-13(12)21-29(24,25)17-9-8-16(19)27-17/h2-10,20-21H,1H3. The van der Waals surface area contributed by atoms with Crippen LogP contribution in [-0.2, 0) is 20.0 Å². The summed E-state index contributed by atoms with van der Waals surface area (Å²) in [6.07, 6.45) is 0. The number of hydrogen-bond donors (Lipinski definition) is 2. The molecule has 0 atom stereocenters. The highest BCUT2D eigenvalue weighted by atomic mass is 79.9. The van der Waals surface area contributed by atoms with Gasteiger partial charge in [-0.25, -0.2) is 16.8 Å². The van der Waals surface area contributed by atoms with E-state index in [4.69, 9.17) is 16.3 Å². The van der Waals surface area contributed by atoms with E-state index in [1.165, 1.54) is 43.5 Å². The lowest BCUT2D eigenvalue weighted by atomic mass is 10.3. The van der Waals surface area contributed by atoms with E-state index >= 15 is 0 Å². The highest BCUT2D eigenvalue weighted by Gasteiger charge is 2.23. The van der Waals surface area contributed by atoms with Crippen molar-refractivity contribution < 1.29 is 21.6 Å². The van der Waals surface area contributed by atoms with Gasteiger partial charge in [-0.3, -0.25) is 9.44 Å². The lowest BCUT2D eigenvalue weighted by Gasteiger charge is -2.15. The maximum atomic E-state index is 12.9. The van der Waals surface area contributed by atoms with Crippen molar-refractivity contribution in [1.29, 1.82) is 0 Å². The zero-order chi connectivity index (χ0) is 21.2. The normalized spacial score (nSPS) is 11.8. The fourth-order valence-corrected chi connectivity index (χ4v) is 6.71. The van der Waals surface area contributed by atoms with Crippen molar-refractivity contribution >= 4 is 70.3 Å². The zero-order valence-corrected chi connectivity index (χ0v) is 19.5. The molecule has 7 nitrogen and oxygen atoms in total. The Morgan fingerprint density at radius 2 is 1.55 bits per heavy atom. The molecule has 2 N–H and O–H groups in total. The molecule has 1 heterocycles. The van der Waals surface area contributed by atoms with Gasteiger partial charge in [0.1, 0.15) is 14.9 Å². The number of benzene rings is 2. The van der Waals surface area contributed by atoms with Gasteiger partial charge in [-0.15, -0.1) is 11.3 Å². The largest absolute Gasteiger partial charge is 0.495 e. The lowest BCUT2D eigenvalue weighted by molar-refractivity contribution is 0.403. The molecule has 0 amide bonds. The summed E-state index contributed by atoms with van der Waals surface area (Å²) in [4.78, 5) is -0.0999. The summed E-state index contributed by atoms with van der Waals surface area (Å²) in [5.41, 5.74) is 0.121. The molecule has 29 heavy (non-hydrogen) atoms. The Bertz CT molecular complexity index is 1260. The highest BCUT2D eigenvalue weighted by molar-refractivity contribution is 9.10. The second-order valence-corrected chi connectivity index (χ2v) is 11.8. The van der Waals surface area contributed by atoms with Crippen LogP contribution in [0.1, 0.15) is 0 Å². The third kappa shape index (κ3) is 5.04. The minimum Gasteiger partial charge on any atom is -0.495 e. The van der Waals surface area contributed by atoms with Crippen LogP contribution in [0.5, 0.6) is 5.75 Å². The molecule has 12 heteroatoms. The molecule has 3 rings (SSSR count). The number of methoxy groups -OCH3 is 1. The van der Waals surface area contributed by atoms with Crippen molar-refractivity contribution in [2.45, 2.75) is 9.10 Å². The molecule has 0 bridgehead atoms. The predicted molar refractivity (Wildman–Crippen MR) is 118 cm³/mol. The average Bonchev–Trinajstić information content (AvgIpc) is 3.10. The summed E-state index contributed by atoms with van der Waals surface area (Å²) >= 11 is 9.94. The number of ether oxygens (including phenoxy) is 1. The molecule has 0 saturated heterocycles. The maximum Gasteiger partial charge on any atom is 0.271 e. The van der Waals surface area contributed by atoms with Crippen molar-refractivity contribution in [3.63, 3.8) is 0 Å². The second kappa shape index (κ2) is 8.52. The van der Waals surface area contributed by atoms with Gasteiger partial charge in [0.05, 0.1) is 22.8 Å². The molecule has 0 aliphatic heterocycles. The molecule has 0 fully saturated rings. The number of thiophene rings is 1. The number of hydrogen-bond acceptors (Lipinski definition) is 6. The van der Waals surface area contributed by atoms with Gasteiger partial charge in [0.2, 0.25) is 0 Å². The number of sulfonamides is 2. The van der Waals surface area contributed by atoms with Crippen LogP contribution in [0, 0.1) is 0 Å². The van der Waals surface area contributed by atoms with Crippen molar-refractivity contribution in [2.24, 2.45) is 0 Å². The van der Waals surface area contributed by atoms with E-state index in [1.54, 1.807) is 18.2 Å². The molecule has 0 radical (unpaired) electrons. The molecule has 154 valence electrons. The Morgan fingerprint density at radius 3 is 2.10 bits per heavy atom. The summed E-state index contributed by atoms with van der Waals surface area (Å²) in [5.74, 6) is 0.145. The molecule has 0 spiro atoms. The number of rotatable bonds is 7. The second-order valence-electron chi connectivity index (χ2n) is 5.61. The fourth-order valence-electron chi connectivity index (χ4n) is 2.36. The number of anilines is 2. The first-order chi connectivity index (χ1) is 13.6. The van der Waals surface area contributed by atoms with Crippen LogP contribution in [0.4, 0.5) is 11.4 Å². The molecule has 0 aliphatic carbocycles. The number of nitrogens with one attached hydrogen (secondary N) is 2. The minimum absolute atomic E-state index is 0.00817. The van der Waals surface area contributed by atoms with Crippen LogP contribution in [0.3, 0.4) is 0 Å². The zero-order valence-electron chi connectivity index (χ0n) is 14.7. The Hall–Kier alpha value is -1.79. The van der Waals surface area contributed by atoms with Gasteiger partial charge in [-0.1, -0.05) is 39.7 Å². The first kappa shape index (κ1) is 21.9. The van der Waals surface area contributed by atoms with E-state index in [0.29, 0.717) is 8.81 Å². The predicted octanol–water partition coefficient (Wildman–Crippen LogP) is 4.77. The summed E-state index contributed by atoms with van der Waals surface area (Å²) < 4.78 is 61.8. The molecular weight excluding hydrogens is 524 g/mol. The minimum atomic E-state index is -4.08. The van der Waals surface area contributed by atoms with Gasteiger partial charge in [0, 0.05) is 4.47 Å². The van der Waals surface area contributed by atoms with Crippen LogP contribution in [0.15, 0.2) is 68.2 Å². The monoisotopic (exact) mass is 536 g/mol. The Balaban J connectivity index is 1.97. The molecule has 1 aromatic heterocycles. The molecular formula is C17H14BrClN2O5S3. The quantitative estimate of drug-likeness (QED) is 0.452. The Labute approximate surface area is 185 Å². The summed E-state index contributed by atoms with van der Waals surface area (Å²) in [6.45, 7) is 0. The molecule has 0 saturated carbocycles. The van der Waals surface area contributed by atoms with Crippen molar-refractivity contribution in [1.82, 2.24) is 0 Å². The first-order valence-electron chi connectivity index (χ1n) is 7.86. The average molecular weight is 538 g/mol. The fraction of sp³-hybridized carbons (Fsp3) is 0.0588. The van der Waals surface area contributed by atoms with Gasteiger partial charge in [-0.05, 0) is 42.5 Å². The molecule has 0 aliphatic rings. The van der Waals surface area contributed by atoms with E-state index in [0.717, 1.165) is 11.3 Å². The van der Waals surface area contributed by atoms with Gasteiger partial charge in [0.15, 0.2) is 0 Å². The Kier molecular flexibility index (Phi) is 6.44. The van der Waals surface area contributed by atoms with E-state index < -0.39 is 20.0 Å². The van der Waals surface area contributed by atoms with Gasteiger partial charge in [0.25, 0.3) is 20.0 Å².